The molecule has 7 heteroatoms. The molecule has 0 spiro atoms. The van der Waals surface area contributed by atoms with Crippen LogP contribution in [-0.2, 0) is 17.8 Å². The minimum absolute atomic E-state index is 0.0664. The number of rotatable bonds is 3. The zero-order chi connectivity index (χ0) is 17.6. The van der Waals surface area contributed by atoms with Crippen molar-refractivity contribution >= 4 is 11.9 Å². The Bertz CT molecular complexity index is 815. The molecule has 0 saturated heterocycles. The van der Waals surface area contributed by atoms with E-state index in [1.165, 1.54) is 5.56 Å². The maximum atomic E-state index is 11.9. The number of nitrogens with zero attached hydrogens (tertiary/aromatic N) is 3. The second-order valence-electron chi connectivity index (χ2n) is 7.08. The van der Waals surface area contributed by atoms with Crippen molar-refractivity contribution in [3.05, 3.63) is 29.6 Å². The third-order valence-electron chi connectivity index (χ3n) is 4.89. The number of anilines is 1. The van der Waals surface area contributed by atoms with Gasteiger partial charge in [0.2, 0.25) is 18.6 Å². The van der Waals surface area contributed by atoms with Gasteiger partial charge in [0.05, 0.1) is 6.54 Å². The van der Waals surface area contributed by atoms with Gasteiger partial charge < -0.3 is 9.47 Å². The van der Waals surface area contributed by atoms with E-state index < -0.39 is 0 Å². The van der Waals surface area contributed by atoms with Gasteiger partial charge in [-0.2, -0.15) is 4.98 Å². The van der Waals surface area contributed by atoms with Crippen molar-refractivity contribution in [3.63, 3.8) is 0 Å². The standard InChI is InChI=1S/C18H22N4O3/c1-10(2)17(23)20-18-19-16-6-11(3)13(8-22(16)21-18)12-4-5-14-15(7-12)25-9-24-14/h4-5,7,10-11,13H,6,8-9H2,1-3H3,(H,20,21,23). The number of hydrogen-bond acceptors (Lipinski definition) is 5. The fourth-order valence-electron chi connectivity index (χ4n) is 3.35. The molecular weight excluding hydrogens is 320 g/mol. The van der Waals surface area contributed by atoms with Crippen LogP contribution >= 0.6 is 0 Å². The minimum atomic E-state index is -0.0965. The predicted molar refractivity (Wildman–Crippen MR) is 91.7 cm³/mol. The van der Waals surface area contributed by atoms with Gasteiger partial charge in [0.15, 0.2) is 11.5 Å². The van der Waals surface area contributed by atoms with Gasteiger partial charge in [-0.25, -0.2) is 4.68 Å². The van der Waals surface area contributed by atoms with E-state index in [4.69, 9.17) is 9.47 Å². The quantitative estimate of drug-likeness (QED) is 0.927. The molecule has 25 heavy (non-hydrogen) atoms. The van der Waals surface area contributed by atoms with Gasteiger partial charge >= 0.3 is 0 Å². The minimum Gasteiger partial charge on any atom is -0.454 e. The predicted octanol–water partition coefficient (Wildman–Crippen LogP) is 2.58. The fourth-order valence-corrected chi connectivity index (χ4v) is 3.35. The molecule has 0 bridgehead atoms. The van der Waals surface area contributed by atoms with Crippen LogP contribution in [0.3, 0.4) is 0 Å². The summed E-state index contributed by atoms with van der Waals surface area (Å²) in [5, 5.41) is 7.26. The maximum absolute atomic E-state index is 11.9. The summed E-state index contributed by atoms with van der Waals surface area (Å²) < 4.78 is 12.8. The molecular formula is C18H22N4O3. The third kappa shape index (κ3) is 2.94. The number of nitrogens with one attached hydrogen (secondary N) is 1. The first-order chi connectivity index (χ1) is 12.0. The van der Waals surface area contributed by atoms with E-state index in [9.17, 15) is 4.79 Å². The van der Waals surface area contributed by atoms with E-state index >= 15 is 0 Å². The van der Waals surface area contributed by atoms with Gasteiger partial charge in [0, 0.05) is 18.3 Å². The first kappa shape index (κ1) is 15.9. The Labute approximate surface area is 146 Å². The van der Waals surface area contributed by atoms with Crippen molar-refractivity contribution in [1.82, 2.24) is 14.8 Å². The van der Waals surface area contributed by atoms with Crippen molar-refractivity contribution in [1.29, 1.82) is 0 Å². The maximum Gasteiger partial charge on any atom is 0.248 e. The van der Waals surface area contributed by atoms with Gasteiger partial charge in [-0.1, -0.05) is 26.8 Å². The number of carbonyl (C=O) groups is 1. The zero-order valence-electron chi connectivity index (χ0n) is 14.7. The lowest BCUT2D eigenvalue weighted by atomic mass is 9.83. The highest BCUT2D eigenvalue weighted by Crippen LogP contribution is 2.39. The summed E-state index contributed by atoms with van der Waals surface area (Å²) >= 11 is 0. The fraction of sp³-hybridized carbons (Fsp3) is 0.500. The average molecular weight is 342 g/mol. The van der Waals surface area contributed by atoms with Crippen LogP contribution in [0.2, 0.25) is 0 Å². The topological polar surface area (TPSA) is 78.3 Å². The Balaban J connectivity index is 1.56. The summed E-state index contributed by atoms with van der Waals surface area (Å²) in [6, 6.07) is 6.13. The molecule has 1 N–H and O–H groups in total. The smallest absolute Gasteiger partial charge is 0.248 e. The van der Waals surface area contributed by atoms with Crippen LogP contribution in [0.25, 0.3) is 0 Å². The van der Waals surface area contributed by atoms with E-state index in [0.717, 1.165) is 30.3 Å². The molecule has 3 heterocycles. The number of hydrogen-bond donors (Lipinski definition) is 1. The largest absolute Gasteiger partial charge is 0.454 e. The van der Waals surface area contributed by atoms with Gasteiger partial charge in [-0.15, -0.1) is 5.10 Å². The zero-order valence-corrected chi connectivity index (χ0v) is 14.7. The van der Waals surface area contributed by atoms with Gasteiger partial charge in [0.25, 0.3) is 0 Å². The lowest BCUT2D eigenvalue weighted by Crippen LogP contribution is -2.27. The molecule has 2 aliphatic heterocycles. The molecule has 1 amide bonds. The monoisotopic (exact) mass is 342 g/mol. The SMILES string of the molecule is CC(C)C(=O)Nc1nc2n(n1)CC(c1ccc3c(c1)OCO3)C(C)C2. The molecule has 0 aliphatic carbocycles. The van der Waals surface area contributed by atoms with Crippen molar-refractivity contribution in [2.75, 3.05) is 12.1 Å². The van der Waals surface area contributed by atoms with Gasteiger partial charge in [0.1, 0.15) is 5.82 Å². The van der Waals surface area contributed by atoms with Crippen LogP contribution in [0.1, 0.15) is 38.1 Å². The Morgan fingerprint density at radius 3 is 2.92 bits per heavy atom. The molecule has 2 atom stereocenters. The third-order valence-corrected chi connectivity index (χ3v) is 4.89. The van der Waals surface area contributed by atoms with Crippen molar-refractivity contribution < 1.29 is 14.3 Å². The average Bonchev–Trinajstić information content (AvgIpc) is 3.18. The van der Waals surface area contributed by atoms with Crippen molar-refractivity contribution in [2.24, 2.45) is 11.8 Å². The highest BCUT2D eigenvalue weighted by atomic mass is 16.7. The van der Waals surface area contributed by atoms with Crippen molar-refractivity contribution in [2.45, 2.75) is 39.7 Å². The number of carbonyl (C=O) groups excluding carboxylic acids is 1. The van der Waals surface area contributed by atoms with Gasteiger partial charge in [-0.3, -0.25) is 10.1 Å². The Morgan fingerprint density at radius 1 is 1.32 bits per heavy atom. The summed E-state index contributed by atoms with van der Waals surface area (Å²) in [6.07, 6.45) is 0.823. The van der Waals surface area contributed by atoms with Gasteiger partial charge in [-0.05, 0) is 23.6 Å². The van der Waals surface area contributed by atoms with E-state index in [2.05, 4.69) is 34.5 Å². The van der Waals surface area contributed by atoms with E-state index in [0.29, 0.717) is 17.8 Å². The van der Waals surface area contributed by atoms with Crippen LogP contribution in [-0.4, -0.2) is 27.5 Å². The molecule has 7 nitrogen and oxygen atoms in total. The lowest BCUT2D eigenvalue weighted by Gasteiger charge is -2.29. The number of amides is 1. The van der Waals surface area contributed by atoms with Crippen LogP contribution in [0.4, 0.5) is 5.95 Å². The summed E-state index contributed by atoms with van der Waals surface area (Å²) in [7, 11) is 0. The molecule has 2 aromatic rings. The van der Waals surface area contributed by atoms with Crippen LogP contribution in [0.5, 0.6) is 11.5 Å². The van der Waals surface area contributed by atoms with E-state index in [1.54, 1.807) is 0 Å². The molecule has 0 saturated carbocycles. The highest BCUT2D eigenvalue weighted by molar-refractivity contribution is 5.90. The number of aromatic nitrogens is 3. The molecule has 2 unspecified atom stereocenters. The Hall–Kier alpha value is -2.57. The summed E-state index contributed by atoms with van der Waals surface area (Å²) in [4.78, 5) is 16.3. The molecule has 4 rings (SSSR count). The Kier molecular flexibility index (Phi) is 3.86. The summed E-state index contributed by atoms with van der Waals surface area (Å²) in [5.74, 6) is 3.49. The lowest BCUT2D eigenvalue weighted by molar-refractivity contribution is -0.118. The number of fused-ring (bicyclic) bond motifs is 2. The van der Waals surface area contributed by atoms with Crippen LogP contribution < -0.4 is 14.8 Å². The second kappa shape index (κ2) is 6.06. The summed E-state index contributed by atoms with van der Waals surface area (Å²) in [6.45, 7) is 6.94. The summed E-state index contributed by atoms with van der Waals surface area (Å²) in [5.41, 5.74) is 1.21. The van der Waals surface area contributed by atoms with Crippen LogP contribution in [0.15, 0.2) is 18.2 Å². The Morgan fingerprint density at radius 2 is 2.12 bits per heavy atom. The molecule has 1 aromatic carbocycles. The second-order valence-corrected chi connectivity index (χ2v) is 7.08. The normalized spacial score (nSPS) is 21.3. The molecule has 132 valence electrons. The number of ether oxygens (including phenoxy) is 2. The van der Waals surface area contributed by atoms with E-state index in [-0.39, 0.29) is 18.6 Å². The van der Waals surface area contributed by atoms with E-state index in [1.807, 2.05) is 24.6 Å². The number of benzene rings is 1. The molecule has 2 aliphatic rings. The first-order valence-corrected chi connectivity index (χ1v) is 8.65. The molecule has 1 aromatic heterocycles. The highest BCUT2D eigenvalue weighted by Gasteiger charge is 2.30. The first-order valence-electron chi connectivity index (χ1n) is 8.65. The van der Waals surface area contributed by atoms with Crippen molar-refractivity contribution in [3.8, 4) is 11.5 Å². The van der Waals surface area contributed by atoms with Crippen LogP contribution in [0, 0.1) is 11.8 Å². The molecule has 0 radical (unpaired) electrons. The molecule has 0 fully saturated rings.